The highest BCUT2D eigenvalue weighted by molar-refractivity contribution is 7.93. The summed E-state index contributed by atoms with van der Waals surface area (Å²) in [6.07, 6.45) is 4.87. The van der Waals surface area contributed by atoms with Gasteiger partial charge in [0.15, 0.2) is 0 Å². The van der Waals surface area contributed by atoms with E-state index in [4.69, 9.17) is 0 Å². The maximum Gasteiger partial charge on any atom is 0.225 e. The first kappa shape index (κ1) is 19.2. The summed E-state index contributed by atoms with van der Waals surface area (Å²) in [4.78, 5) is 18.5. The average molecular weight is 417 g/mol. The quantitative estimate of drug-likeness (QED) is 0.651. The van der Waals surface area contributed by atoms with Gasteiger partial charge >= 0.3 is 0 Å². The maximum absolute atomic E-state index is 12.3. The van der Waals surface area contributed by atoms with E-state index in [1.54, 1.807) is 37.0 Å². The van der Waals surface area contributed by atoms with Crippen molar-refractivity contribution in [3.63, 3.8) is 0 Å². The monoisotopic (exact) mass is 416 g/mol. The lowest BCUT2D eigenvalue weighted by Gasteiger charge is -2.38. The highest BCUT2D eigenvalue weighted by Crippen LogP contribution is 2.27. The van der Waals surface area contributed by atoms with Gasteiger partial charge in [-0.25, -0.2) is 23.5 Å². The van der Waals surface area contributed by atoms with Crippen LogP contribution in [-0.4, -0.2) is 63.5 Å². The van der Waals surface area contributed by atoms with E-state index in [1.807, 2.05) is 5.51 Å². The fourth-order valence-corrected chi connectivity index (χ4v) is 4.79. The SMILES string of the molecule is CN=[S@](C)(=O)c1cnc(N2CCN([C@@H](C)c3ccc4scnc4c3)CC2)nc1. The van der Waals surface area contributed by atoms with E-state index in [-0.39, 0.29) is 0 Å². The molecular weight excluding hydrogens is 392 g/mol. The Morgan fingerprint density at radius 1 is 1.14 bits per heavy atom. The molecule has 0 spiro atoms. The van der Waals surface area contributed by atoms with Crippen LogP contribution in [0.2, 0.25) is 0 Å². The number of thiazole rings is 1. The molecule has 2 aromatic heterocycles. The van der Waals surface area contributed by atoms with Crippen molar-refractivity contribution in [1.82, 2.24) is 19.9 Å². The van der Waals surface area contributed by atoms with Crippen molar-refractivity contribution in [2.45, 2.75) is 17.9 Å². The number of benzene rings is 1. The summed E-state index contributed by atoms with van der Waals surface area (Å²) in [5.41, 5.74) is 4.27. The fraction of sp³-hybridized carbons (Fsp3) is 0.421. The van der Waals surface area contributed by atoms with E-state index in [2.05, 4.69) is 54.2 Å². The van der Waals surface area contributed by atoms with E-state index in [0.29, 0.717) is 16.9 Å². The number of hydrogen-bond acceptors (Lipinski definition) is 8. The predicted octanol–water partition coefficient (Wildman–Crippen LogP) is 3.06. The summed E-state index contributed by atoms with van der Waals surface area (Å²) in [6, 6.07) is 6.91. The Balaban J connectivity index is 1.42. The van der Waals surface area contributed by atoms with Crippen molar-refractivity contribution in [3.05, 3.63) is 41.7 Å². The molecule has 28 heavy (non-hydrogen) atoms. The highest BCUT2D eigenvalue weighted by Gasteiger charge is 2.24. The van der Waals surface area contributed by atoms with Crippen LogP contribution in [0.15, 0.2) is 45.4 Å². The Kier molecular flexibility index (Phi) is 5.31. The zero-order valence-corrected chi connectivity index (χ0v) is 17.9. The molecule has 9 heteroatoms. The van der Waals surface area contributed by atoms with Crippen molar-refractivity contribution >= 4 is 37.2 Å². The van der Waals surface area contributed by atoms with Gasteiger partial charge in [-0.1, -0.05) is 6.07 Å². The largest absolute Gasteiger partial charge is 0.338 e. The second-order valence-corrected chi connectivity index (χ2v) is 10.3. The van der Waals surface area contributed by atoms with Crippen molar-refractivity contribution in [2.24, 2.45) is 4.36 Å². The molecule has 0 unspecified atom stereocenters. The molecule has 3 heterocycles. The van der Waals surface area contributed by atoms with Gasteiger partial charge in [0.25, 0.3) is 0 Å². The lowest BCUT2D eigenvalue weighted by Crippen LogP contribution is -2.47. The van der Waals surface area contributed by atoms with Crippen LogP contribution in [-0.2, 0) is 9.73 Å². The van der Waals surface area contributed by atoms with Crippen LogP contribution in [0.4, 0.5) is 5.95 Å². The molecule has 1 aliphatic rings. The summed E-state index contributed by atoms with van der Waals surface area (Å²) in [7, 11) is -0.831. The van der Waals surface area contributed by atoms with Gasteiger partial charge in [-0.15, -0.1) is 11.3 Å². The molecule has 0 N–H and O–H groups in total. The Bertz CT molecular complexity index is 1080. The van der Waals surface area contributed by atoms with Crippen LogP contribution >= 0.6 is 11.3 Å². The van der Waals surface area contributed by atoms with Crippen LogP contribution in [0.3, 0.4) is 0 Å². The average Bonchev–Trinajstić information content (AvgIpc) is 3.21. The van der Waals surface area contributed by atoms with E-state index >= 15 is 0 Å². The first-order chi connectivity index (χ1) is 13.5. The number of hydrogen-bond donors (Lipinski definition) is 0. The van der Waals surface area contributed by atoms with E-state index in [0.717, 1.165) is 31.7 Å². The lowest BCUT2D eigenvalue weighted by molar-refractivity contribution is 0.198. The second kappa shape index (κ2) is 7.73. The third kappa shape index (κ3) is 3.74. The van der Waals surface area contributed by atoms with Crippen molar-refractivity contribution in [1.29, 1.82) is 0 Å². The third-order valence-electron chi connectivity index (χ3n) is 5.38. The maximum atomic E-state index is 12.3. The molecule has 2 atom stereocenters. The zero-order chi connectivity index (χ0) is 19.7. The van der Waals surface area contributed by atoms with E-state index in [1.165, 1.54) is 10.3 Å². The number of aromatic nitrogens is 3. The van der Waals surface area contributed by atoms with Crippen LogP contribution in [0, 0.1) is 0 Å². The summed E-state index contributed by atoms with van der Waals surface area (Å²) in [5.74, 6) is 0.686. The van der Waals surface area contributed by atoms with E-state index in [9.17, 15) is 4.21 Å². The van der Waals surface area contributed by atoms with Gasteiger partial charge in [0.1, 0.15) is 0 Å². The molecule has 0 amide bonds. The first-order valence-electron chi connectivity index (χ1n) is 9.22. The number of fused-ring (bicyclic) bond motifs is 1. The van der Waals surface area contributed by atoms with Gasteiger partial charge < -0.3 is 4.90 Å². The third-order valence-corrected chi connectivity index (χ3v) is 7.97. The Labute approximate surface area is 169 Å². The highest BCUT2D eigenvalue weighted by atomic mass is 32.2. The summed E-state index contributed by atoms with van der Waals surface area (Å²) in [6.45, 7) is 5.86. The Morgan fingerprint density at radius 3 is 2.54 bits per heavy atom. The number of piperazine rings is 1. The first-order valence-corrected chi connectivity index (χ1v) is 12.0. The molecule has 0 aliphatic carbocycles. The molecule has 1 aromatic carbocycles. The van der Waals surface area contributed by atoms with Gasteiger partial charge in [-0.3, -0.25) is 4.90 Å². The lowest BCUT2D eigenvalue weighted by atomic mass is 10.1. The second-order valence-electron chi connectivity index (χ2n) is 6.98. The van der Waals surface area contributed by atoms with E-state index < -0.39 is 9.73 Å². The summed E-state index contributed by atoms with van der Waals surface area (Å²) >= 11 is 1.68. The summed E-state index contributed by atoms with van der Waals surface area (Å²) < 4.78 is 17.5. The Morgan fingerprint density at radius 2 is 1.86 bits per heavy atom. The predicted molar refractivity (Wildman–Crippen MR) is 115 cm³/mol. The van der Waals surface area contributed by atoms with Gasteiger partial charge in [0.05, 0.1) is 30.4 Å². The molecule has 3 aromatic rings. The summed E-state index contributed by atoms with van der Waals surface area (Å²) in [5, 5.41) is 0. The standard InChI is InChI=1S/C19H24N6OS2/c1-14(15-4-5-18-17(10-15)23-13-27-18)24-6-8-25(9-7-24)19-21-11-16(12-22-19)28(3,26)20-2/h4-5,10-14H,6-9H2,1-3H3/t14-,28+/m0/s1. The number of anilines is 1. The normalized spacial score (nSPS) is 18.8. The fourth-order valence-electron chi connectivity index (χ4n) is 3.43. The van der Waals surface area contributed by atoms with Gasteiger partial charge in [-0.05, 0) is 24.6 Å². The van der Waals surface area contributed by atoms with Gasteiger partial charge in [-0.2, -0.15) is 0 Å². The van der Waals surface area contributed by atoms with Crippen LogP contribution in [0.25, 0.3) is 10.2 Å². The van der Waals surface area contributed by atoms with Crippen molar-refractivity contribution in [3.8, 4) is 0 Å². The zero-order valence-electron chi connectivity index (χ0n) is 16.3. The molecule has 148 valence electrons. The number of nitrogens with zero attached hydrogens (tertiary/aromatic N) is 6. The molecule has 1 fully saturated rings. The van der Waals surface area contributed by atoms with Crippen molar-refractivity contribution < 1.29 is 4.21 Å². The molecule has 0 bridgehead atoms. The van der Waals surface area contributed by atoms with Gasteiger partial charge in [0.2, 0.25) is 5.95 Å². The Hall–Kier alpha value is -2.10. The molecule has 1 aliphatic heterocycles. The number of rotatable bonds is 4. The molecule has 0 radical (unpaired) electrons. The smallest absolute Gasteiger partial charge is 0.225 e. The molecule has 1 saturated heterocycles. The van der Waals surface area contributed by atoms with Crippen LogP contribution in [0.1, 0.15) is 18.5 Å². The minimum Gasteiger partial charge on any atom is -0.338 e. The molecule has 4 rings (SSSR count). The van der Waals surface area contributed by atoms with Crippen molar-refractivity contribution in [2.75, 3.05) is 44.4 Å². The minimum absolute atomic E-state index is 0.340. The van der Waals surface area contributed by atoms with Crippen LogP contribution < -0.4 is 4.90 Å². The minimum atomic E-state index is -2.39. The molecular formula is C19H24N6OS2. The molecule has 7 nitrogen and oxygen atoms in total. The molecule has 0 saturated carbocycles. The topological polar surface area (TPSA) is 74.6 Å². The van der Waals surface area contributed by atoms with Crippen LogP contribution in [0.5, 0.6) is 0 Å². The van der Waals surface area contributed by atoms with Gasteiger partial charge in [0, 0.05) is 57.9 Å².